The van der Waals surface area contributed by atoms with Crippen molar-refractivity contribution in [3.05, 3.63) is 71.5 Å². The fraction of sp³-hybridized carbons (Fsp3) is 0.304. The lowest BCUT2D eigenvalue weighted by atomic mass is 10.1. The molecule has 1 fully saturated rings. The molecule has 2 heterocycles. The Hall–Kier alpha value is -3.04. The Bertz CT molecular complexity index is 1220. The number of hydrogen-bond acceptors (Lipinski definition) is 6. The highest BCUT2D eigenvalue weighted by molar-refractivity contribution is 7.89. The molecule has 168 valence electrons. The van der Waals surface area contributed by atoms with Crippen LogP contribution in [0.4, 0.5) is 4.39 Å². The third-order valence-corrected chi connectivity index (χ3v) is 7.41. The molecule has 1 aliphatic rings. The van der Waals surface area contributed by atoms with Gasteiger partial charge in [-0.25, -0.2) is 22.6 Å². The number of aromatic nitrogens is 1. The van der Waals surface area contributed by atoms with E-state index in [0.717, 1.165) is 19.3 Å². The van der Waals surface area contributed by atoms with Gasteiger partial charge in [0.1, 0.15) is 5.82 Å². The molecule has 0 bridgehead atoms. The van der Waals surface area contributed by atoms with Crippen LogP contribution in [0, 0.1) is 12.7 Å². The molecule has 0 atom stereocenters. The molecule has 0 spiro atoms. The van der Waals surface area contributed by atoms with Gasteiger partial charge in [-0.05, 0) is 61.7 Å². The van der Waals surface area contributed by atoms with E-state index in [0.29, 0.717) is 30.0 Å². The summed E-state index contributed by atoms with van der Waals surface area (Å²) < 4.78 is 51.5. The summed E-state index contributed by atoms with van der Waals surface area (Å²) in [7, 11) is -3.68. The molecule has 9 heteroatoms. The number of esters is 1. The van der Waals surface area contributed by atoms with E-state index in [1.807, 2.05) is 0 Å². The van der Waals surface area contributed by atoms with Crippen LogP contribution >= 0.6 is 0 Å². The molecule has 2 aromatic carbocycles. The minimum Gasteiger partial charge on any atom is -0.452 e. The lowest BCUT2D eigenvalue weighted by Gasteiger charge is -2.26. The average molecular weight is 459 g/mol. The monoisotopic (exact) mass is 458 g/mol. The van der Waals surface area contributed by atoms with Crippen LogP contribution in [0.1, 0.15) is 41.1 Å². The number of piperidine rings is 1. The molecule has 0 aliphatic carbocycles. The van der Waals surface area contributed by atoms with Gasteiger partial charge in [0, 0.05) is 18.7 Å². The number of oxazole rings is 1. The van der Waals surface area contributed by atoms with Crippen molar-refractivity contribution in [2.45, 2.75) is 37.7 Å². The number of carbonyl (C=O) groups excluding carboxylic acids is 1. The van der Waals surface area contributed by atoms with E-state index in [1.54, 1.807) is 25.1 Å². The Kier molecular flexibility index (Phi) is 6.38. The Morgan fingerprint density at radius 2 is 1.84 bits per heavy atom. The fourth-order valence-corrected chi connectivity index (χ4v) is 5.35. The van der Waals surface area contributed by atoms with Crippen LogP contribution in [-0.4, -0.2) is 36.8 Å². The van der Waals surface area contributed by atoms with Gasteiger partial charge in [0.25, 0.3) is 0 Å². The van der Waals surface area contributed by atoms with E-state index < -0.39 is 16.0 Å². The first-order valence-corrected chi connectivity index (χ1v) is 11.8. The van der Waals surface area contributed by atoms with Crippen molar-refractivity contribution in [3.63, 3.8) is 0 Å². The van der Waals surface area contributed by atoms with Crippen LogP contribution in [0.2, 0.25) is 0 Å². The second-order valence-corrected chi connectivity index (χ2v) is 9.55. The largest absolute Gasteiger partial charge is 0.452 e. The summed E-state index contributed by atoms with van der Waals surface area (Å²) in [5, 5.41) is 0. The van der Waals surface area contributed by atoms with Gasteiger partial charge in [-0.15, -0.1) is 0 Å². The highest BCUT2D eigenvalue weighted by Gasteiger charge is 2.28. The van der Waals surface area contributed by atoms with E-state index in [-0.39, 0.29) is 28.8 Å². The predicted molar refractivity (Wildman–Crippen MR) is 115 cm³/mol. The quantitative estimate of drug-likeness (QED) is 0.511. The first-order valence-electron chi connectivity index (χ1n) is 10.3. The Labute approximate surface area is 185 Å². The third-order valence-electron chi connectivity index (χ3n) is 5.37. The number of benzene rings is 2. The molecule has 1 aromatic heterocycles. The number of ether oxygens (including phenoxy) is 1. The minimum atomic E-state index is -3.68. The summed E-state index contributed by atoms with van der Waals surface area (Å²) in [6.07, 6.45) is 4.14. The Morgan fingerprint density at radius 3 is 2.56 bits per heavy atom. The van der Waals surface area contributed by atoms with Crippen LogP contribution in [0.15, 0.2) is 58.0 Å². The molecule has 0 amide bonds. The van der Waals surface area contributed by atoms with Gasteiger partial charge in [-0.2, -0.15) is 4.31 Å². The van der Waals surface area contributed by atoms with Crippen molar-refractivity contribution < 1.29 is 26.8 Å². The Balaban J connectivity index is 1.46. The molecule has 4 rings (SSSR count). The van der Waals surface area contributed by atoms with Gasteiger partial charge in [0.2, 0.25) is 15.9 Å². The molecular weight excluding hydrogens is 435 g/mol. The molecule has 0 radical (unpaired) electrons. The zero-order valence-electron chi connectivity index (χ0n) is 17.6. The molecule has 1 aliphatic heterocycles. The van der Waals surface area contributed by atoms with Crippen LogP contribution in [0.5, 0.6) is 0 Å². The minimum absolute atomic E-state index is 0.114. The van der Waals surface area contributed by atoms with Crippen molar-refractivity contribution in [2.75, 3.05) is 13.1 Å². The van der Waals surface area contributed by atoms with Gasteiger partial charge in [-0.1, -0.05) is 12.5 Å². The normalized spacial score (nSPS) is 14.9. The molecule has 3 aromatic rings. The lowest BCUT2D eigenvalue weighted by Crippen LogP contribution is -2.36. The maximum Gasteiger partial charge on any atom is 0.338 e. The SMILES string of the molecule is Cc1ccc(C(=O)OCc2ncc(-c3ccc(F)cc3)o2)cc1S(=O)(=O)N1CCCCC1. The lowest BCUT2D eigenvalue weighted by molar-refractivity contribution is 0.0438. The van der Waals surface area contributed by atoms with E-state index in [1.165, 1.54) is 34.8 Å². The van der Waals surface area contributed by atoms with Gasteiger partial charge in [0.15, 0.2) is 12.4 Å². The molecule has 7 nitrogen and oxygen atoms in total. The van der Waals surface area contributed by atoms with E-state index >= 15 is 0 Å². The highest BCUT2D eigenvalue weighted by Crippen LogP contribution is 2.25. The molecule has 0 unspecified atom stereocenters. The van der Waals surface area contributed by atoms with Crippen molar-refractivity contribution in [3.8, 4) is 11.3 Å². The van der Waals surface area contributed by atoms with Crippen molar-refractivity contribution in [1.29, 1.82) is 0 Å². The Morgan fingerprint density at radius 1 is 1.12 bits per heavy atom. The number of hydrogen-bond donors (Lipinski definition) is 0. The summed E-state index contributed by atoms with van der Waals surface area (Å²) in [5.74, 6) is -0.448. The fourth-order valence-electron chi connectivity index (χ4n) is 3.58. The molecule has 1 saturated heterocycles. The molecule has 0 N–H and O–H groups in total. The number of nitrogens with zero attached hydrogens (tertiary/aromatic N) is 2. The van der Waals surface area contributed by atoms with E-state index in [2.05, 4.69) is 4.98 Å². The second-order valence-electron chi connectivity index (χ2n) is 7.65. The highest BCUT2D eigenvalue weighted by atomic mass is 32.2. The predicted octanol–water partition coefficient (Wildman–Crippen LogP) is 4.32. The van der Waals surface area contributed by atoms with Crippen LogP contribution < -0.4 is 0 Å². The van der Waals surface area contributed by atoms with Crippen molar-refractivity contribution >= 4 is 16.0 Å². The number of rotatable bonds is 6. The molecule has 0 saturated carbocycles. The third kappa shape index (κ3) is 4.73. The van der Waals surface area contributed by atoms with Gasteiger partial charge < -0.3 is 9.15 Å². The van der Waals surface area contributed by atoms with Crippen LogP contribution in [-0.2, 0) is 21.4 Å². The maximum absolute atomic E-state index is 13.1. The van der Waals surface area contributed by atoms with Gasteiger partial charge in [-0.3, -0.25) is 0 Å². The zero-order valence-corrected chi connectivity index (χ0v) is 18.4. The number of aryl methyl sites for hydroxylation is 1. The number of carbonyl (C=O) groups is 1. The topological polar surface area (TPSA) is 89.7 Å². The van der Waals surface area contributed by atoms with Crippen molar-refractivity contribution in [1.82, 2.24) is 9.29 Å². The summed E-state index contributed by atoms with van der Waals surface area (Å²) >= 11 is 0. The van der Waals surface area contributed by atoms with Crippen molar-refractivity contribution in [2.24, 2.45) is 0 Å². The van der Waals surface area contributed by atoms with Gasteiger partial charge in [0.05, 0.1) is 16.7 Å². The number of sulfonamides is 1. The first-order chi connectivity index (χ1) is 15.3. The zero-order chi connectivity index (χ0) is 22.7. The summed E-state index contributed by atoms with van der Waals surface area (Å²) in [5.41, 5.74) is 1.35. The van der Waals surface area contributed by atoms with E-state index in [9.17, 15) is 17.6 Å². The smallest absolute Gasteiger partial charge is 0.338 e. The molecular formula is C23H23FN2O5S. The van der Waals surface area contributed by atoms with E-state index in [4.69, 9.17) is 9.15 Å². The number of halogens is 1. The second kappa shape index (κ2) is 9.22. The molecule has 32 heavy (non-hydrogen) atoms. The first kappa shape index (κ1) is 22.2. The van der Waals surface area contributed by atoms with Crippen LogP contribution in [0.3, 0.4) is 0 Å². The standard InChI is InChI=1S/C23H23FN2O5S/c1-16-5-6-18(13-21(16)32(28,29)26-11-3-2-4-12-26)23(27)30-15-22-25-14-20(31-22)17-7-9-19(24)10-8-17/h5-10,13-14H,2-4,11-12,15H2,1H3. The maximum atomic E-state index is 13.1. The summed E-state index contributed by atoms with van der Waals surface area (Å²) in [4.78, 5) is 16.7. The average Bonchev–Trinajstić information content (AvgIpc) is 3.28. The summed E-state index contributed by atoms with van der Waals surface area (Å²) in [6.45, 7) is 2.45. The summed E-state index contributed by atoms with van der Waals surface area (Å²) in [6, 6.07) is 10.2. The van der Waals surface area contributed by atoms with Gasteiger partial charge >= 0.3 is 5.97 Å². The van der Waals surface area contributed by atoms with Crippen LogP contribution in [0.25, 0.3) is 11.3 Å².